The highest BCUT2D eigenvalue weighted by atomic mass is 35.5. The topological polar surface area (TPSA) is 74.9 Å². The third kappa shape index (κ3) is 3.46. The van der Waals surface area contributed by atoms with Gasteiger partial charge in [-0.15, -0.1) is 0 Å². The van der Waals surface area contributed by atoms with E-state index in [1.165, 1.54) is 0 Å². The summed E-state index contributed by atoms with van der Waals surface area (Å²) in [7, 11) is 0. The minimum absolute atomic E-state index is 0.219. The van der Waals surface area contributed by atoms with Gasteiger partial charge in [-0.3, -0.25) is 5.10 Å². The number of halogens is 2. The SMILES string of the molecule is Cc1ccc(O)cc1-c1cc2[nH]nc(N)c2cc1Cc1cc(Cl)cc(Cl)c1. The van der Waals surface area contributed by atoms with Crippen LogP contribution in [-0.4, -0.2) is 15.3 Å². The highest BCUT2D eigenvalue weighted by molar-refractivity contribution is 6.34. The average molecular weight is 398 g/mol. The minimum atomic E-state index is 0.219. The summed E-state index contributed by atoms with van der Waals surface area (Å²) in [6.45, 7) is 2.01. The van der Waals surface area contributed by atoms with Gasteiger partial charge in [-0.2, -0.15) is 5.10 Å². The first-order chi connectivity index (χ1) is 12.9. The van der Waals surface area contributed by atoms with E-state index >= 15 is 0 Å². The highest BCUT2D eigenvalue weighted by Crippen LogP contribution is 2.35. The molecule has 4 nitrogen and oxygen atoms in total. The number of phenols is 1. The van der Waals surface area contributed by atoms with Gasteiger partial charge in [-0.1, -0.05) is 29.3 Å². The molecule has 3 aromatic carbocycles. The van der Waals surface area contributed by atoms with E-state index in [-0.39, 0.29) is 5.75 Å². The Kier molecular flexibility index (Phi) is 4.46. The zero-order valence-electron chi connectivity index (χ0n) is 14.6. The maximum atomic E-state index is 9.99. The molecule has 4 rings (SSSR count). The van der Waals surface area contributed by atoms with Crippen LogP contribution in [0.25, 0.3) is 22.0 Å². The second kappa shape index (κ2) is 6.80. The van der Waals surface area contributed by atoms with E-state index in [4.69, 9.17) is 28.9 Å². The first-order valence-electron chi connectivity index (χ1n) is 8.42. The smallest absolute Gasteiger partial charge is 0.153 e. The van der Waals surface area contributed by atoms with Crippen LogP contribution in [0.4, 0.5) is 5.82 Å². The molecule has 4 N–H and O–H groups in total. The number of nitrogen functional groups attached to an aromatic ring is 1. The van der Waals surface area contributed by atoms with E-state index in [9.17, 15) is 5.11 Å². The molecule has 0 aliphatic rings. The van der Waals surface area contributed by atoms with Gasteiger partial charge in [0.25, 0.3) is 0 Å². The third-order valence-corrected chi connectivity index (χ3v) is 5.08. The lowest BCUT2D eigenvalue weighted by molar-refractivity contribution is 0.475. The van der Waals surface area contributed by atoms with Gasteiger partial charge in [-0.25, -0.2) is 0 Å². The molecule has 0 unspecified atom stereocenters. The van der Waals surface area contributed by atoms with Crippen molar-refractivity contribution in [2.24, 2.45) is 0 Å². The standard InChI is InChI=1S/C21H17Cl2N3O/c1-11-2-3-16(27)9-17(11)18-10-20-19(21(24)26-25-20)7-13(18)4-12-5-14(22)8-15(23)6-12/h2-3,5-10,27H,4H2,1H3,(H3,24,25,26). The van der Waals surface area contributed by atoms with Crippen molar-refractivity contribution in [2.75, 3.05) is 5.73 Å². The molecule has 6 heteroatoms. The Morgan fingerprint density at radius 2 is 1.74 bits per heavy atom. The number of nitrogens with two attached hydrogens (primary N) is 1. The normalized spacial score (nSPS) is 11.2. The Morgan fingerprint density at radius 3 is 2.48 bits per heavy atom. The third-order valence-electron chi connectivity index (χ3n) is 4.64. The molecular formula is C21H17Cl2N3O. The lowest BCUT2D eigenvalue weighted by atomic mass is 9.91. The number of fused-ring (bicyclic) bond motifs is 1. The molecule has 0 aliphatic heterocycles. The van der Waals surface area contributed by atoms with Crippen molar-refractivity contribution < 1.29 is 5.11 Å². The van der Waals surface area contributed by atoms with Crippen LogP contribution in [0.3, 0.4) is 0 Å². The van der Waals surface area contributed by atoms with Gasteiger partial charge in [0, 0.05) is 15.4 Å². The quantitative estimate of drug-likeness (QED) is 0.413. The Labute approximate surface area is 166 Å². The molecule has 4 aromatic rings. The van der Waals surface area contributed by atoms with E-state index in [1.807, 2.05) is 37.3 Å². The van der Waals surface area contributed by atoms with Crippen LogP contribution in [0.15, 0.2) is 48.5 Å². The lowest BCUT2D eigenvalue weighted by Gasteiger charge is -2.14. The number of aromatic nitrogens is 2. The molecule has 0 atom stereocenters. The molecule has 0 radical (unpaired) electrons. The van der Waals surface area contributed by atoms with Crippen LogP contribution >= 0.6 is 23.2 Å². The van der Waals surface area contributed by atoms with Crippen molar-refractivity contribution in [3.8, 4) is 16.9 Å². The van der Waals surface area contributed by atoms with Gasteiger partial charge >= 0.3 is 0 Å². The zero-order chi connectivity index (χ0) is 19.1. The van der Waals surface area contributed by atoms with Gasteiger partial charge in [0.05, 0.1) is 5.52 Å². The average Bonchev–Trinajstić information content (AvgIpc) is 2.96. The predicted octanol–water partition coefficient (Wildman–Crippen LogP) is 5.72. The fourth-order valence-corrected chi connectivity index (χ4v) is 3.93. The van der Waals surface area contributed by atoms with E-state index in [2.05, 4.69) is 10.2 Å². The van der Waals surface area contributed by atoms with Gasteiger partial charge in [0.15, 0.2) is 5.82 Å². The van der Waals surface area contributed by atoms with Crippen LogP contribution in [0, 0.1) is 6.92 Å². The maximum Gasteiger partial charge on any atom is 0.153 e. The number of hydrogen-bond donors (Lipinski definition) is 3. The zero-order valence-corrected chi connectivity index (χ0v) is 16.1. The van der Waals surface area contributed by atoms with E-state index < -0.39 is 0 Å². The molecule has 136 valence electrons. The first kappa shape index (κ1) is 17.7. The molecule has 0 saturated carbocycles. The van der Waals surface area contributed by atoms with Crippen LogP contribution in [0.2, 0.25) is 10.0 Å². The number of aromatic amines is 1. The number of rotatable bonds is 3. The Hall–Kier alpha value is -2.69. The molecule has 1 aromatic heterocycles. The summed E-state index contributed by atoms with van der Waals surface area (Å²) in [5, 5.41) is 19.1. The Balaban J connectivity index is 1.93. The van der Waals surface area contributed by atoms with Crippen molar-refractivity contribution in [3.05, 3.63) is 75.3 Å². The number of anilines is 1. The van der Waals surface area contributed by atoms with E-state index in [0.29, 0.717) is 22.3 Å². The molecule has 27 heavy (non-hydrogen) atoms. The number of nitrogens with one attached hydrogen (secondary N) is 1. The molecule has 0 fully saturated rings. The summed E-state index contributed by atoms with van der Waals surface area (Å²) < 4.78 is 0. The fraction of sp³-hybridized carbons (Fsp3) is 0.0952. The fourth-order valence-electron chi connectivity index (χ4n) is 3.36. The predicted molar refractivity (Wildman–Crippen MR) is 112 cm³/mol. The molecule has 0 aliphatic carbocycles. The van der Waals surface area contributed by atoms with Crippen molar-refractivity contribution >= 4 is 39.9 Å². The van der Waals surface area contributed by atoms with Crippen LogP contribution in [-0.2, 0) is 6.42 Å². The van der Waals surface area contributed by atoms with Crippen LogP contribution in [0.5, 0.6) is 5.75 Å². The summed E-state index contributed by atoms with van der Waals surface area (Å²) in [4.78, 5) is 0. The van der Waals surface area contributed by atoms with Crippen LogP contribution < -0.4 is 5.73 Å². The summed E-state index contributed by atoms with van der Waals surface area (Å²) in [6, 6.07) is 14.9. The second-order valence-electron chi connectivity index (χ2n) is 6.62. The van der Waals surface area contributed by atoms with Gasteiger partial charge < -0.3 is 10.8 Å². The molecular weight excluding hydrogens is 381 g/mol. The number of benzene rings is 3. The number of phenolic OH excluding ortho intramolecular Hbond substituents is 1. The van der Waals surface area contributed by atoms with E-state index in [0.717, 1.165) is 38.7 Å². The monoisotopic (exact) mass is 397 g/mol. The minimum Gasteiger partial charge on any atom is -0.508 e. The molecule has 0 amide bonds. The van der Waals surface area contributed by atoms with Crippen molar-refractivity contribution in [1.82, 2.24) is 10.2 Å². The number of aryl methyl sites for hydroxylation is 1. The molecule has 0 bridgehead atoms. The van der Waals surface area contributed by atoms with E-state index in [1.54, 1.807) is 18.2 Å². The van der Waals surface area contributed by atoms with Gasteiger partial charge in [0.1, 0.15) is 5.75 Å². The largest absolute Gasteiger partial charge is 0.508 e. The highest BCUT2D eigenvalue weighted by Gasteiger charge is 2.14. The van der Waals surface area contributed by atoms with Crippen LogP contribution in [0.1, 0.15) is 16.7 Å². The first-order valence-corrected chi connectivity index (χ1v) is 9.18. The molecule has 1 heterocycles. The lowest BCUT2D eigenvalue weighted by Crippen LogP contribution is -1.95. The van der Waals surface area contributed by atoms with Crippen molar-refractivity contribution in [1.29, 1.82) is 0 Å². The van der Waals surface area contributed by atoms with Gasteiger partial charge in [0.2, 0.25) is 0 Å². The summed E-state index contributed by atoms with van der Waals surface area (Å²) in [6.07, 6.45) is 0.616. The molecule has 0 saturated heterocycles. The summed E-state index contributed by atoms with van der Waals surface area (Å²) in [5.74, 6) is 0.672. The summed E-state index contributed by atoms with van der Waals surface area (Å²) >= 11 is 12.3. The Morgan fingerprint density at radius 1 is 1.00 bits per heavy atom. The number of H-pyrrole nitrogens is 1. The number of hydrogen-bond acceptors (Lipinski definition) is 3. The maximum absolute atomic E-state index is 9.99. The summed E-state index contributed by atoms with van der Waals surface area (Å²) in [5.41, 5.74) is 11.9. The number of nitrogens with zero attached hydrogens (tertiary/aromatic N) is 1. The number of aromatic hydroxyl groups is 1. The second-order valence-corrected chi connectivity index (χ2v) is 7.49. The van der Waals surface area contributed by atoms with Crippen molar-refractivity contribution in [2.45, 2.75) is 13.3 Å². The van der Waals surface area contributed by atoms with Crippen molar-refractivity contribution in [3.63, 3.8) is 0 Å². The van der Waals surface area contributed by atoms with Gasteiger partial charge in [-0.05, 0) is 83.6 Å². The molecule has 0 spiro atoms. The Bertz CT molecular complexity index is 1150.